The van der Waals surface area contributed by atoms with Crippen LogP contribution in [0.5, 0.6) is 5.75 Å². The molecule has 0 fully saturated rings. The van der Waals surface area contributed by atoms with Crippen molar-refractivity contribution in [2.24, 2.45) is 0 Å². The molecule has 0 N–H and O–H groups in total. The van der Waals surface area contributed by atoms with E-state index in [1.54, 1.807) is 31.1 Å². The molecule has 0 atom stereocenters. The summed E-state index contributed by atoms with van der Waals surface area (Å²) in [7, 11) is 1.60. The Balaban J connectivity index is 2.07. The molecule has 0 aliphatic heterocycles. The van der Waals surface area contributed by atoms with E-state index in [0.717, 1.165) is 17.0 Å². The maximum atomic E-state index is 12.8. The molecule has 5 nitrogen and oxygen atoms in total. The van der Waals surface area contributed by atoms with Crippen LogP contribution >= 0.6 is 0 Å². The zero-order valence-electron chi connectivity index (χ0n) is 15.3. The Morgan fingerprint density at radius 3 is 2.27 bits per heavy atom. The molecule has 1 amide bonds. The number of benzene rings is 2. The molecule has 0 aliphatic rings. The number of ether oxygens (including phenoxy) is 2. The van der Waals surface area contributed by atoms with E-state index in [0.29, 0.717) is 26.0 Å². The minimum Gasteiger partial charge on any atom is -0.497 e. The van der Waals surface area contributed by atoms with Crippen LogP contribution in [0.4, 0.5) is 5.69 Å². The van der Waals surface area contributed by atoms with Crippen LogP contribution in [0.3, 0.4) is 0 Å². The largest absolute Gasteiger partial charge is 0.497 e. The van der Waals surface area contributed by atoms with Crippen molar-refractivity contribution in [3.05, 3.63) is 60.2 Å². The summed E-state index contributed by atoms with van der Waals surface area (Å²) in [6.07, 6.45) is 1.20. The number of aryl methyl sites for hydroxylation is 1. The zero-order chi connectivity index (χ0) is 18.8. The van der Waals surface area contributed by atoms with Crippen molar-refractivity contribution in [2.45, 2.75) is 26.2 Å². The number of methoxy groups -OCH3 is 1. The number of esters is 1. The third kappa shape index (κ3) is 5.92. The monoisotopic (exact) mass is 355 g/mol. The van der Waals surface area contributed by atoms with Crippen molar-refractivity contribution in [2.75, 3.05) is 25.2 Å². The highest BCUT2D eigenvalue weighted by molar-refractivity contribution is 5.94. The second kappa shape index (κ2) is 10.2. The van der Waals surface area contributed by atoms with Gasteiger partial charge in [0.2, 0.25) is 5.91 Å². The van der Waals surface area contributed by atoms with E-state index in [1.807, 2.05) is 42.5 Å². The predicted molar refractivity (Wildman–Crippen MR) is 101 cm³/mol. The molecule has 0 spiro atoms. The fraction of sp³-hybridized carbons (Fsp3) is 0.333. The van der Waals surface area contributed by atoms with Gasteiger partial charge in [-0.3, -0.25) is 9.59 Å². The number of rotatable bonds is 9. The molecular weight excluding hydrogens is 330 g/mol. The van der Waals surface area contributed by atoms with Gasteiger partial charge in [0.15, 0.2) is 0 Å². The minimum atomic E-state index is -0.304. The smallest absolute Gasteiger partial charge is 0.307 e. The van der Waals surface area contributed by atoms with Gasteiger partial charge < -0.3 is 14.4 Å². The SMILES string of the molecule is CCOC(=O)CCN(C(=O)CCc1ccccc1)c1ccc(OC)cc1. The molecule has 138 valence electrons. The van der Waals surface area contributed by atoms with E-state index in [-0.39, 0.29) is 18.3 Å². The van der Waals surface area contributed by atoms with Crippen molar-refractivity contribution in [3.8, 4) is 5.75 Å². The topological polar surface area (TPSA) is 55.8 Å². The Hall–Kier alpha value is -2.82. The summed E-state index contributed by atoms with van der Waals surface area (Å²) in [6.45, 7) is 2.40. The number of carbonyl (C=O) groups excluding carboxylic acids is 2. The van der Waals surface area contributed by atoms with Crippen molar-refractivity contribution in [1.82, 2.24) is 0 Å². The third-order valence-corrected chi connectivity index (χ3v) is 4.00. The van der Waals surface area contributed by atoms with E-state index in [9.17, 15) is 9.59 Å². The maximum Gasteiger partial charge on any atom is 0.307 e. The number of carbonyl (C=O) groups is 2. The molecule has 0 unspecified atom stereocenters. The molecule has 2 aromatic carbocycles. The number of hydrogen-bond acceptors (Lipinski definition) is 4. The summed E-state index contributed by atoms with van der Waals surface area (Å²) < 4.78 is 10.1. The highest BCUT2D eigenvalue weighted by atomic mass is 16.5. The molecular formula is C21H25NO4. The highest BCUT2D eigenvalue weighted by Crippen LogP contribution is 2.21. The summed E-state index contributed by atoms with van der Waals surface area (Å²) in [6, 6.07) is 17.1. The lowest BCUT2D eigenvalue weighted by molar-refractivity contribution is -0.142. The fourth-order valence-electron chi connectivity index (χ4n) is 2.63. The van der Waals surface area contributed by atoms with Crippen LogP contribution in [0, 0.1) is 0 Å². The average molecular weight is 355 g/mol. The van der Waals surface area contributed by atoms with Crippen LogP contribution in [-0.2, 0) is 20.7 Å². The van der Waals surface area contributed by atoms with Gasteiger partial charge in [0, 0.05) is 18.7 Å². The first-order valence-electron chi connectivity index (χ1n) is 8.78. The lowest BCUT2D eigenvalue weighted by Gasteiger charge is -2.23. The molecule has 0 aromatic heterocycles. The molecule has 0 aliphatic carbocycles. The van der Waals surface area contributed by atoms with E-state index < -0.39 is 0 Å². The Kier molecular flexibility index (Phi) is 7.68. The van der Waals surface area contributed by atoms with Crippen LogP contribution in [0.2, 0.25) is 0 Å². The standard InChI is InChI=1S/C21H25NO4/c1-3-26-21(24)15-16-22(18-10-12-19(25-2)13-11-18)20(23)14-9-17-7-5-4-6-8-17/h4-8,10-13H,3,9,14-16H2,1-2H3. The molecule has 0 heterocycles. The van der Waals surface area contributed by atoms with Crippen LogP contribution in [0.1, 0.15) is 25.3 Å². The Labute approximate surface area is 154 Å². The van der Waals surface area contributed by atoms with E-state index in [4.69, 9.17) is 9.47 Å². The van der Waals surface area contributed by atoms with Gasteiger partial charge in [0.05, 0.1) is 20.1 Å². The van der Waals surface area contributed by atoms with E-state index in [2.05, 4.69) is 0 Å². The summed E-state index contributed by atoms with van der Waals surface area (Å²) in [5, 5.41) is 0. The van der Waals surface area contributed by atoms with Gasteiger partial charge in [0.25, 0.3) is 0 Å². The molecule has 5 heteroatoms. The Bertz CT molecular complexity index is 698. The third-order valence-electron chi connectivity index (χ3n) is 4.00. The van der Waals surface area contributed by atoms with Gasteiger partial charge in [-0.05, 0) is 43.2 Å². The molecule has 2 rings (SSSR count). The van der Waals surface area contributed by atoms with E-state index in [1.165, 1.54) is 0 Å². The molecule has 0 bridgehead atoms. The van der Waals surface area contributed by atoms with Crippen LogP contribution < -0.4 is 9.64 Å². The average Bonchev–Trinajstić information content (AvgIpc) is 2.68. The van der Waals surface area contributed by atoms with Gasteiger partial charge >= 0.3 is 5.97 Å². The first-order chi connectivity index (χ1) is 12.6. The zero-order valence-corrected chi connectivity index (χ0v) is 15.3. The van der Waals surface area contributed by atoms with Gasteiger partial charge in [-0.25, -0.2) is 0 Å². The second-order valence-electron chi connectivity index (χ2n) is 5.78. The molecule has 0 saturated carbocycles. The van der Waals surface area contributed by atoms with Crippen molar-refractivity contribution >= 4 is 17.6 Å². The molecule has 26 heavy (non-hydrogen) atoms. The fourth-order valence-corrected chi connectivity index (χ4v) is 2.63. The normalized spacial score (nSPS) is 10.2. The van der Waals surface area contributed by atoms with E-state index >= 15 is 0 Å². The summed E-state index contributed by atoms with van der Waals surface area (Å²) in [4.78, 5) is 26.1. The van der Waals surface area contributed by atoms with Crippen LogP contribution in [-0.4, -0.2) is 32.1 Å². The molecule has 0 saturated heterocycles. The lowest BCUT2D eigenvalue weighted by Crippen LogP contribution is -2.33. The number of anilines is 1. The van der Waals surface area contributed by atoms with Gasteiger partial charge in [-0.2, -0.15) is 0 Å². The summed E-state index contributed by atoms with van der Waals surface area (Å²) >= 11 is 0. The first-order valence-corrected chi connectivity index (χ1v) is 8.78. The predicted octanol–water partition coefficient (Wildman–Crippen LogP) is 3.61. The van der Waals surface area contributed by atoms with Crippen LogP contribution in [0.25, 0.3) is 0 Å². The summed E-state index contributed by atoms with van der Waals surface area (Å²) in [5.41, 5.74) is 1.86. The molecule has 0 radical (unpaired) electrons. The van der Waals surface area contributed by atoms with Gasteiger partial charge in [-0.1, -0.05) is 30.3 Å². The number of hydrogen-bond donors (Lipinski definition) is 0. The Morgan fingerprint density at radius 1 is 0.962 bits per heavy atom. The van der Waals surface area contributed by atoms with Gasteiger partial charge in [0.1, 0.15) is 5.75 Å². The second-order valence-corrected chi connectivity index (χ2v) is 5.78. The Morgan fingerprint density at radius 2 is 1.65 bits per heavy atom. The quantitative estimate of drug-likeness (QED) is 0.645. The van der Waals surface area contributed by atoms with Crippen molar-refractivity contribution in [1.29, 1.82) is 0 Å². The highest BCUT2D eigenvalue weighted by Gasteiger charge is 2.17. The summed E-state index contributed by atoms with van der Waals surface area (Å²) in [5.74, 6) is 0.390. The van der Waals surface area contributed by atoms with Crippen LogP contribution in [0.15, 0.2) is 54.6 Å². The number of amides is 1. The van der Waals surface area contributed by atoms with Crippen molar-refractivity contribution < 1.29 is 19.1 Å². The lowest BCUT2D eigenvalue weighted by atomic mass is 10.1. The molecule has 2 aromatic rings. The number of nitrogens with zero attached hydrogens (tertiary/aromatic N) is 1. The minimum absolute atomic E-state index is 0.0247. The first kappa shape index (κ1) is 19.5. The van der Waals surface area contributed by atoms with Gasteiger partial charge in [-0.15, -0.1) is 0 Å². The van der Waals surface area contributed by atoms with Crippen molar-refractivity contribution in [3.63, 3.8) is 0 Å². The maximum absolute atomic E-state index is 12.8.